The molecule has 0 unspecified atom stereocenters. The third-order valence-electron chi connectivity index (χ3n) is 3.00. The first-order valence-electron chi connectivity index (χ1n) is 6.33. The molecule has 1 amide bonds. The Hall–Kier alpha value is -2.04. The van der Waals surface area contributed by atoms with Gasteiger partial charge in [0.05, 0.1) is 0 Å². The summed E-state index contributed by atoms with van der Waals surface area (Å²) in [6.45, 7) is 2.66. The topological polar surface area (TPSA) is 55.8 Å². The van der Waals surface area contributed by atoms with Crippen molar-refractivity contribution in [3.05, 3.63) is 35.9 Å². The molecule has 1 saturated heterocycles. The summed E-state index contributed by atoms with van der Waals surface area (Å²) in [4.78, 5) is 24.4. The average molecular weight is 263 g/mol. The van der Waals surface area contributed by atoms with Gasteiger partial charge in [-0.3, -0.25) is 9.69 Å². The maximum Gasteiger partial charge on any atom is 0.410 e. The molecule has 0 N–H and O–H groups in total. The zero-order valence-electron chi connectivity index (χ0n) is 10.9. The molecule has 0 bridgehead atoms. The van der Waals surface area contributed by atoms with Crippen molar-refractivity contribution in [3.63, 3.8) is 0 Å². The summed E-state index contributed by atoms with van der Waals surface area (Å²) in [6, 6.07) is 9.45. The summed E-state index contributed by atoms with van der Waals surface area (Å²) < 4.78 is 10.1. The summed E-state index contributed by atoms with van der Waals surface area (Å²) in [5, 5.41) is 0. The van der Waals surface area contributed by atoms with E-state index in [-0.39, 0.29) is 31.3 Å². The highest BCUT2D eigenvalue weighted by Gasteiger charge is 2.33. The van der Waals surface area contributed by atoms with Gasteiger partial charge >= 0.3 is 12.1 Å². The lowest BCUT2D eigenvalue weighted by Gasteiger charge is -2.21. The van der Waals surface area contributed by atoms with E-state index < -0.39 is 0 Å². The van der Waals surface area contributed by atoms with Crippen molar-refractivity contribution in [1.82, 2.24) is 4.90 Å². The summed E-state index contributed by atoms with van der Waals surface area (Å²) in [6.07, 6.45) is -0.0263. The number of hydrogen-bond acceptors (Lipinski definition) is 4. The largest absolute Gasteiger partial charge is 0.463 e. The highest BCUT2D eigenvalue weighted by atomic mass is 16.6. The molecule has 1 aliphatic heterocycles. The Kier molecular flexibility index (Phi) is 4.39. The second kappa shape index (κ2) is 6.22. The molecule has 0 radical (unpaired) electrons. The van der Waals surface area contributed by atoms with E-state index in [0.29, 0.717) is 13.0 Å². The lowest BCUT2D eigenvalue weighted by Crippen LogP contribution is -2.36. The summed E-state index contributed by atoms with van der Waals surface area (Å²) in [5.74, 6) is -0.265. The van der Waals surface area contributed by atoms with Gasteiger partial charge in [-0.15, -0.1) is 0 Å². The molecule has 1 heterocycles. The number of carbonyl (C=O) groups is 2. The molecule has 1 atom stereocenters. The van der Waals surface area contributed by atoms with Crippen LogP contribution in [-0.4, -0.2) is 36.2 Å². The van der Waals surface area contributed by atoms with Gasteiger partial charge in [-0.25, -0.2) is 4.79 Å². The third kappa shape index (κ3) is 3.47. The van der Waals surface area contributed by atoms with E-state index in [0.717, 1.165) is 5.56 Å². The maximum absolute atomic E-state index is 11.7. The minimum atomic E-state index is -0.360. The van der Waals surface area contributed by atoms with Crippen LogP contribution in [0, 0.1) is 0 Å². The van der Waals surface area contributed by atoms with Crippen molar-refractivity contribution in [2.75, 3.05) is 13.2 Å². The summed E-state index contributed by atoms with van der Waals surface area (Å²) in [7, 11) is 0. The molecule has 0 aromatic heterocycles. The number of benzene rings is 1. The number of ether oxygens (including phenoxy) is 2. The Bertz CT molecular complexity index is 446. The first-order valence-corrected chi connectivity index (χ1v) is 6.33. The first kappa shape index (κ1) is 13.4. The molecule has 19 heavy (non-hydrogen) atoms. The molecule has 1 aliphatic rings. The van der Waals surface area contributed by atoms with E-state index in [1.165, 1.54) is 0 Å². The molecule has 102 valence electrons. The molecular weight excluding hydrogens is 246 g/mol. The normalized spacial score (nSPS) is 18.3. The van der Waals surface area contributed by atoms with E-state index in [1.54, 1.807) is 11.8 Å². The predicted molar refractivity (Wildman–Crippen MR) is 68.4 cm³/mol. The van der Waals surface area contributed by atoms with Crippen LogP contribution in [0.1, 0.15) is 18.9 Å². The monoisotopic (exact) mass is 263 g/mol. The van der Waals surface area contributed by atoms with E-state index in [2.05, 4.69) is 0 Å². The van der Waals surface area contributed by atoms with Crippen LogP contribution in [-0.2, 0) is 20.8 Å². The second-order valence-electron chi connectivity index (χ2n) is 4.38. The molecule has 0 spiro atoms. The van der Waals surface area contributed by atoms with Crippen LogP contribution in [0.2, 0.25) is 0 Å². The smallest absolute Gasteiger partial charge is 0.410 e. The standard InChI is InChI=1S/C14H17NO4/c1-2-13(16)18-9-12-10-19-14(17)15(12)8-11-6-4-3-5-7-11/h3-7,12H,2,8-10H2,1H3/t12-/m1/s1. The van der Waals surface area contributed by atoms with Crippen LogP contribution in [0.3, 0.4) is 0 Å². The van der Waals surface area contributed by atoms with Crippen molar-refractivity contribution < 1.29 is 19.1 Å². The first-order chi connectivity index (χ1) is 9.20. The Labute approximate surface area is 112 Å². The molecule has 2 rings (SSSR count). The zero-order chi connectivity index (χ0) is 13.7. The van der Waals surface area contributed by atoms with Gasteiger partial charge < -0.3 is 9.47 Å². The minimum Gasteiger partial charge on any atom is -0.463 e. The van der Waals surface area contributed by atoms with Gasteiger partial charge in [-0.1, -0.05) is 37.3 Å². The van der Waals surface area contributed by atoms with E-state index in [4.69, 9.17) is 9.47 Å². The van der Waals surface area contributed by atoms with Crippen LogP contribution in [0.25, 0.3) is 0 Å². The van der Waals surface area contributed by atoms with E-state index in [1.807, 2.05) is 30.3 Å². The van der Waals surface area contributed by atoms with Crippen LogP contribution < -0.4 is 0 Å². The minimum absolute atomic E-state index is 0.186. The Morgan fingerprint density at radius 3 is 2.84 bits per heavy atom. The number of hydrogen-bond donors (Lipinski definition) is 0. The summed E-state index contributed by atoms with van der Waals surface area (Å²) >= 11 is 0. The maximum atomic E-state index is 11.7. The number of esters is 1. The van der Waals surface area contributed by atoms with Crippen LogP contribution >= 0.6 is 0 Å². The molecular formula is C14H17NO4. The molecule has 5 nitrogen and oxygen atoms in total. The molecule has 0 saturated carbocycles. The van der Waals surface area contributed by atoms with Gasteiger partial charge in [0.1, 0.15) is 19.3 Å². The van der Waals surface area contributed by atoms with E-state index in [9.17, 15) is 9.59 Å². The van der Waals surface area contributed by atoms with E-state index >= 15 is 0 Å². The van der Waals surface area contributed by atoms with Crippen LogP contribution in [0.5, 0.6) is 0 Å². The number of cyclic esters (lactones) is 1. The van der Waals surface area contributed by atoms with Gasteiger partial charge in [-0.2, -0.15) is 0 Å². The van der Waals surface area contributed by atoms with Gasteiger partial charge in [0.15, 0.2) is 0 Å². The highest BCUT2D eigenvalue weighted by molar-refractivity contribution is 5.71. The lowest BCUT2D eigenvalue weighted by molar-refractivity contribution is -0.144. The summed E-state index contributed by atoms with van der Waals surface area (Å²) in [5.41, 5.74) is 1.02. The third-order valence-corrected chi connectivity index (χ3v) is 3.00. The van der Waals surface area contributed by atoms with Crippen molar-refractivity contribution >= 4 is 12.1 Å². The fourth-order valence-corrected chi connectivity index (χ4v) is 1.89. The predicted octanol–water partition coefficient (Wildman–Crippen LogP) is 1.96. The lowest BCUT2D eigenvalue weighted by atomic mass is 10.2. The van der Waals surface area contributed by atoms with Crippen molar-refractivity contribution in [2.45, 2.75) is 25.9 Å². The van der Waals surface area contributed by atoms with Crippen LogP contribution in [0.4, 0.5) is 4.79 Å². The van der Waals surface area contributed by atoms with Gasteiger partial charge in [0.2, 0.25) is 0 Å². The number of nitrogens with zero attached hydrogens (tertiary/aromatic N) is 1. The fraction of sp³-hybridized carbons (Fsp3) is 0.429. The SMILES string of the molecule is CCC(=O)OC[C@@H]1COC(=O)N1Cc1ccccc1. The zero-order valence-corrected chi connectivity index (χ0v) is 10.9. The molecule has 1 aromatic rings. The Balaban J connectivity index is 1.96. The number of amides is 1. The number of rotatable bonds is 5. The van der Waals surface area contributed by atoms with Crippen molar-refractivity contribution in [3.8, 4) is 0 Å². The molecule has 5 heteroatoms. The molecule has 1 fully saturated rings. The molecule has 0 aliphatic carbocycles. The highest BCUT2D eigenvalue weighted by Crippen LogP contribution is 2.17. The Morgan fingerprint density at radius 1 is 1.42 bits per heavy atom. The van der Waals surface area contributed by atoms with Crippen molar-refractivity contribution in [2.24, 2.45) is 0 Å². The fourth-order valence-electron chi connectivity index (χ4n) is 1.89. The Morgan fingerprint density at radius 2 is 2.16 bits per heavy atom. The average Bonchev–Trinajstić information content (AvgIpc) is 2.78. The van der Waals surface area contributed by atoms with Gasteiger partial charge in [0.25, 0.3) is 0 Å². The quantitative estimate of drug-likeness (QED) is 0.762. The van der Waals surface area contributed by atoms with Gasteiger partial charge in [0, 0.05) is 13.0 Å². The van der Waals surface area contributed by atoms with Crippen LogP contribution in [0.15, 0.2) is 30.3 Å². The molecule has 1 aromatic carbocycles. The number of carbonyl (C=O) groups excluding carboxylic acids is 2. The van der Waals surface area contributed by atoms with Crippen molar-refractivity contribution in [1.29, 1.82) is 0 Å². The second-order valence-corrected chi connectivity index (χ2v) is 4.38. The van der Waals surface area contributed by atoms with Gasteiger partial charge in [-0.05, 0) is 5.56 Å².